The van der Waals surface area contributed by atoms with Crippen molar-refractivity contribution in [3.63, 3.8) is 0 Å². The van der Waals surface area contributed by atoms with E-state index in [1.54, 1.807) is 6.07 Å². The van der Waals surface area contributed by atoms with Gasteiger partial charge < -0.3 is 10.2 Å². The van der Waals surface area contributed by atoms with Crippen LogP contribution in [0.5, 0.6) is 0 Å². The van der Waals surface area contributed by atoms with E-state index in [4.69, 9.17) is 0 Å². The van der Waals surface area contributed by atoms with E-state index in [0.717, 1.165) is 42.7 Å². The third-order valence-electron chi connectivity index (χ3n) is 4.46. The highest BCUT2D eigenvalue weighted by Gasteiger charge is 2.22. The predicted molar refractivity (Wildman–Crippen MR) is 96.9 cm³/mol. The molecule has 2 aromatic carbocycles. The molecular formula is C19H21N3O3. The van der Waals surface area contributed by atoms with Crippen molar-refractivity contribution >= 4 is 17.3 Å². The summed E-state index contributed by atoms with van der Waals surface area (Å²) in [7, 11) is 0. The Labute approximate surface area is 146 Å². The second kappa shape index (κ2) is 7.34. The summed E-state index contributed by atoms with van der Waals surface area (Å²) < 4.78 is 0. The summed E-state index contributed by atoms with van der Waals surface area (Å²) in [4.78, 5) is 25.4. The molecular weight excluding hydrogens is 318 g/mol. The fourth-order valence-electron chi connectivity index (χ4n) is 3.04. The molecule has 1 saturated heterocycles. The number of carbonyl (C=O) groups excluding carboxylic acids is 1. The number of rotatable bonds is 5. The van der Waals surface area contributed by atoms with E-state index in [-0.39, 0.29) is 11.6 Å². The zero-order chi connectivity index (χ0) is 17.8. The van der Waals surface area contributed by atoms with E-state index in [0.29, 0.717) is 12.1 Å². The van der Waals surface area contributed by atoms with Gasteiger partial charge in [-0.3, -0.25) is 14.9 Å². The summed E-state index contributed by atoms with van der Waals surface area (Å²) in [5.74, 6) is -0.286. The molecule has 1 N–H and O–H groups in total. The van der Waals surface area contributed by atoms with Gasteiger partial charge in [0.05, 0.1) is 16.2 Å². The van der Waals surface area contributed by atoms with Crippen molar-refractivity contribution in [3.8, 4) is 0 Å². The number of nitrogens with zero attached hydrogens (tertiary/aromatic N) is 2. The van der Waals surface area contributed by atoms with Gasteiger partial charge in [-0.25, -0.2) is 0 Å². The lowest BCUT2D eigenvalue weighted by atomic mass is 10.1. The van der Waals surface area contributed by atoms with Crippen LogP contribution in [0.25, 0.3) is 0 Å². The zero-order valence-electron chi connectivity index (χ0n) is 14.2. The van der Waals surface area contributed by atoms with E-state index >= 15 is 0 Å². The van der Waals surface area contributed by atoms with Crippen molar-refractivity contribution in [1.29, 1.82) is 0 Å². The number of benzene rings is 2. The van der Waals surface area contributed by atoms with Crippen LogP contribution in [0, 0.1) is 17.0 Å². The maximum Gasteiger partial charge on any atom is 0.270 e. The van der Waals surface area contributed by atoms with Crippen LogP contribution in [0.1, 0.15) is 34.3 Å². The normalized spacial score (nSPS) is 13.7. The fraction of sp³-hybridized carbons (Fsp3) is 0.316. The lowest BCUT2D eigenvalue weighted by molar-refractivity contribution is -0.384. The molecule has 0 aromatic heterocycles. The molecule has 0 atom stereocenters. The van der Waals surface area contributed by atoms with Crippen molar-refractivity contribution in [1.82, 2.24) is 5.32 Å². The number of carbonyl (C=O) groups is 1. The molecule has 1 fully saturated rings. The molecule has 1 aliphatic rings. The number of amides is 1. The van der Waals surface area contributed by atoms with Gasteiger partial charge in [-0.2, -0.15) is 0 Å². The molecule has 0 bridgehead atoms. The number of nitrogens with one attached hydrogen (secondary N) is 1. The molecule has 0 radical (unpaired) electrons. The van der Waals surface area contributed by atoms with Crippen molar-refractivity contribution in [2.24, 2.45) is 0 Å². The second-order valence-corrected chi connectivity index (χ2v) is 6.32. The highest BCUT2D eigenvalue weighted by atomic mass is 16.6. The van der Waals surface area contributed by atoms with Gasteiger partial charge in [-0.05, 0) is 31.4 Å². The molecule has 0 unspecified atom stereocenters. The summed E-state index contributed by atoms with van der Waals surface area (Å²) in [5.41, 5.74) is 3.22. The number of hydrogen-bond acceptors (Lipinski definition) is 4. The molecule has 0 spiro atoms. The van der Waals surface area contributed by atoms with Gasteiger partial charge in [0, 0.05) is 31.8 Å². The molecule has 130 valence electrons. The summed E-state index contributed by atoms with van der Waals surface area (Å²) >= 11 is 0. The maximum absolute atomic E-state index is 12.7. The first kappa shape index (κ1) is 17.0. The molecule has 25 heavy (non-hydrogen) atoms. The van der Waals surface area contributed by atoms with Crippen molar-refractivity contribution in [2.75, 3.05) is 18.0 Å². The first-order valence-electron chi connectivity index (χ1n) is 8.42. The maximum atomic E-state index is 12.7. The van der Waals surface area contributed by atoms with E-state index in [2.05, 4.69) is 10.2 Å². The van der Waals surface area contributed by atoms with E-state index in [9.17, 15) is 14.9 Å². The molecule has 1 amide bonds. The Morgan fingerprint density at radius 3 is 2.48 bits per heavy atom. The second-order valence-electron chi connectivity index (χ2n) is 6.32. The summed E-state index contributed by atoms with van der Waals surface area (Å²) in [5, 5.41) is 14.0. The standard InChI is InChI=1S/C19H21N3O3/c1-14-4-6-15(7-5-14)13-20-19(23)17-12-16(22(24)25)8-9-18(17)21-10-2-3-11-21/h4-9,12H,2-3,10-11,13H2,1H3,(H,20,23). The van der Waals surface area contributed by atoms with Crippen LogP contribution in [-0.2, 0) is 6.54 Å². The van der Waals surface area contributed by atoms with E-state index < -0.39 is 4.92 Å². The Morgan fingerprint density at radius 1 is 1.16 bits per heavy atom. The Bertz CT molecular complexity index is 781. The molecule has 2 aromatic rings. The Morgan fingerprint density at radius 2 is 1.84 bits per heavy atom. The number of nitro benzene ring substituents is 1. The van der Waals surface area contributed by atoms with Gasteiger partial charge in [0.15, 0.2) is 0 Å². The summed E-state index contributed by atoms with van der Waals surface area (Å²) in [6, 6.07) is 12.4. The molecule has 6 heteroatoms. The monoisotopic (exact) mass is 339 g/mol. The predicted octanol–water partition coefficient (Wildman–Crippen LogP) is 3.43. The SMILES string of the molecule is Cc1ccc(CNC(=O)c2cc([N+](=O)[O-])ccc2N2CCCC2)cc1. The Kier molecular flexibility index (Phi) is 4.97. The van der Waals surface area contributed by atoms with Gasteiger partial charge in [0.25, 0.3) is 11.6 Å². The zero-order valence-corrected chi connectivity index (χ0v) is 14.2. The average Bonchev–Trinajstić information content (AvgIpc) is 3.15. The quantitative estimate of drug-likeness (QED) is 0.669. The molecule has 0 aliphatic carbocycles. The van der Waals surface area contributed by atoms with E-state index in [1.165, 1.54) is 12.1 Å². The van der Waals surface area contributed by atoms with Gasteiger partial charge in [0.1, 0.15) is 0 Å². The lowest BCUT2D eigenvalue weighted by Crippen LogP contribution is -2.27. The lowest BCUT2D eigenvalue weighted by Gasteiger charge is -2.21. The molecule has 0 saturated carbocycles. The minimum atomic E-state index is -0.468. The third kappa shape index (κ3) is 3.96. The van der Waals surface area contributed by atoms with Crippen LogP contribution in [0.15, 0.2) is 42.5 Å². The number of hydrogen-bond donors (Lipinski definition) is 1. The first-order valence-corrected chi connectivity index (χ1v) is 8.42. The van der Waals surface area contributed by atoms with Crippen LogP contribution in [0.3, 0.4) is 0 Å². The van der Waals surface area contributed by atoms with Crippen molar-refractivity contribution in [2.45, 2.75) is 26.3 Å². The van der Waals surface area contributed by atoms with Gasteiger partial charge in [-0.15, -0.1) is 0 Å². The minimum absolute atomic E-state index is 0.0663. The van der Waals surface area contributed by atoms with Crippen molar-refractivity contribution < 1.29 is 9.72 Å². The van der Waals surface area contributed by atoms with Crippen LogP contribution < -0.4 is 10.2 Å². The first-order chi connectivity index (χ1) is 12.0. The smallest absolute Gasteiger partial charge is 0.270 e. The fourth-order valence-corrected chi connectivity index (χ4v) is 3.04. The number of aryl methyl sites for hydroxylation is 1. The molecule has 3 rings (SSSR count). The Hall–Kier alpha value is -2.89. The van der Waals surface area contributed by atoms with Gasteiger partial charge in [0.2, 0.25) is 0 Å². The number of nitro groups is 1. The van der Waals surface area contributed by atoms with Crippen LogP contribution >= 0.6 is 0 Å². The third-order valence-corrected chi connectivity index (χ3v) is 4.46. The summed E-state index contributed by atoms with van der Waals surface area (Å²) in [6.45, 7) is 4.14. The average molecular weight is 339 g/mol. The van der Waals surface area contributed by atoms with Crippen LogP contribution in [-0.4, -0.2) is 23.9 Å². The minimum Gasteiger partial charge on any atom is -0.371 e. The van der Waals surface area contributed by atoms with Gasteiger partial charge in [-0.1, -0.05) is 29.8 Å². The number of anilines is 1. The molecule has 1 aliphatic heterocycles. The van der Waals surface area contributed by atoms with Crippen molar-refractivity contribution in [3.05, 3.63) is 69.3 Å². The summed E-state index contributed by atoms with van der Waals surface area (Å²) in [6.07, 6.45) is 2.14. The van der Waals surface area contributed by atoms with E-state index in [1.807, 2.05) is 31.2 Å². The molecule has 1 heterocycles. The number of non-ortho nitro benzene ring substituents is 1. The highest BCUT2D eigenvalue weighted by Crippen LogP contribution is 2.28. The van der Waals surface area contributed by atoms with Gasteiger partial charge >= 0.3 is 0 Å². The Balaban J connectivity index is 1.82. The highest BCUT2D eigenvalue weighted by molar-refractivity contribution is 6.00. The largest absolute Gasteiger partial charge is 0.371 e. The van der Waals surface area contributed by atoms with Crippen LogP contribution in [0.4, 0.5) is 11.4 Å². The topological polar surface area (TPSA) is 75.5 Å². The van der Waals surface area contributed by atoms with Crippen LogP contribution in [0.2, 0.25) is 0 Å². The molecule has 6 nitrogen and oxygen atoms in total.